The van der Waals surface area contributed by atoms with E-state index in [9.17, 15) is 4.79 Å². The van der Waals surface area contributed by atoms with Crippen LogP contribution in [-0.2, 0) is 4.79 Å². The second-order valence-electron chi connectivity index (χ2n) is 8.13. The van der Waals surface area contributed by atoms with Gasteiger partial charge >= 0.3 is 0 Å². The SMILES string of the molecule is CC1(C)[C@H]2CC[C@@]1(C)[C@H](NC(=O)CSc1nnc(-c3cccnc3)o1)C2. The Balaban J connectivity index is 1.34. The van der Waals surface area contributed by atoms with Crippen LogP contribution >= 0.6 is 11.8 Å². The molecule has 2 saturated carbocycles. The fraction of sp³-hybridized carbons (Fsp3) is 0.579. The average molecular weight is 372 g/mol. The van der Waals surface area contributed by atoms with E-state index < -0.39 is 0 Å². The number of thioether (sulfide) groups is 1. The van der Waals surface area contributed by atoms with Gasteiger partial charge in [0.2, 0.25) is 11.8 Å². The van der Waals surface area contributed by atoms with Gasteiger partial charge in [0.15, 0.2) is 0 Å². The minimum Gasteiger partial charge on any atom is -0.411 e. The lowest BCUT2D eigenvalue weighted by atomic mass is 9.69. The third kappa shape index (κ3) is 2.82. The van der Waals surface area contributed by atoms with Crippen molar-refractivity contribution >= 4 is 17.7 Å². The lowest BCUT2D eigenvalue weighted by molar-refractivity contribution is -0.120. The number of aromatic nitrogens is 3. The van der Waals surface area contributed by atoms with Crippen molar-refractivity contribution in [1.82, 2.24) is 20.5 Å². The molecule has 2 bridgehead atoms. The van der Waals surface area contributed by atoms with Gasteiger partial charge in [-0.1, -0.05) is 32.5 Å². The van der Waals surface area contributed by atoms with Gasteiger partial charge in [0.05, 0.1) is 11.3 Å². The molecule has 0 saturated heterocycles. The van der Waals surface area contributed by atoms with Crippen LogP contribution in [0.5, 0.6) is 0 Å². The van der Waals surface area contributed by atoms with Crippen molar-refractivity contribution in [3.63, 3.8) is 0 Å². The first-order valence-electron chi connectivity index (χ1n) is 9.06. The first kappa shape index (κ1) is 17.5. The molecule has 0 spiro atoms. The van der Waals surface area contributed by atoms with E-state index in [0.717, 1.165) is 12.0 Å². The van der Waals surface area contributed by atoms with Gasteiger partial charge in [-0.25, -0.2) is 0 Å². The quantitative estimate of drug-likeness (QED) is 0.809. The van der Waals surface area contributed by atoms with E-state index in [2.05, 4.69) is 41.3 Å². The van der Waals surface area contributed by atoms with Gasteiger partial charge in [0.1, 0.15) is 0 Å². The number of nitrogens with zero attached hydrogens (tertiary/aromatic N) is 3. The summed E-state index contributed by atoms with van der Waals surface area (Å²) in [5.41, 5.74) is 1.26. The van der Waals surface area contributed by atoms with Crippen LogP contribution < -0.4 is 5.32 Å². The predicted molar refractivity (Wildman–Crippen MR) is 99.4 cm³/mol. The normalized spacial score (nSPS) is 29.0. The molecule has 0 unspecified atom stereocenters. The molecule has 2 fully saturated rings. The lowest BCUT2D eigenvalue weighted by Gasteiger charge is -2.39. The maximum absolute atomic E-state index is 12.4. The Morgan fingerprint density at radius 2 is 2.23 bits per heavy atom. The zero-order valence-corrected chi connectivity index (χ0v) is 16.2. The summed E-state index contributed by atoms with van der Waals surface area (Å²) >= 11 is 1.27. The fourth-order valence-electron chi connectivity index (χ4n) is 4.66. The number of rotatable bonds is 5. The highest BCUT2D eigenvalue weighted by molar-refractivity contribution is 7.99. The van der Waals surface area contributed by atoms with E-state index >= 15 is 0 Å². The topological polar surface area (TPSA) is 80.9 Å². The van der Waals surface area contributed by atoms with Gasteiger partial charge in [-0.2, -0.15) is 0 Å². The van der Waals surface area contributed by atoms with E-state index in [1.54, 1.807) is 12.4 Å². The number of fused-ring (bicyclic) bond motifs is 2. The number of amides is 1. The minimum absolute atomic E-state index is 0.0331. The highest BCUT2D eigenvalue weighted by Crippen LogP contribution is 2.65. The number of pyridine rings is 1. The number of hydrogen-bond acceptors (Lipinski definition) is 6. The van der Waals surface area contributed by atoms with Gasteiger partial charge in [0, 0.05) is 18.4 Å². The first-order valence-corrected chi connectivity index (χ1v) is 10.0. The Hall–Kier alpha value is -1.89. The van der Waals surface area contributed by atoms with E-state index in [1.165, 1.54) is 24.6 Å². The molecular formula is C19H24N4O2S. The van der Waals surface area contributed by atoms with Crippen molar-refractivity contribution in [1.29, 1.82) is 0 Å². The number of nitrogens with one attached hydrogen (secondary N) is 1. The fourth-order valence-corrected chi connectivity index (χ4v) is 5.23. The number of carbonyl (C=O) groups excluding carboxylic acids is 1. The van der Waals surface area contributed by atoms with Crippen LogP contribution in [0.25, 0.3) is 11.5 Å². The van der Waals surface area contributed by atoms with Crippen LogP contribution in [0, 0.1) is 16.7 Å². The standard InChI is InChI=1S/C19H24N4O2S/c1-18(2)13-6-7-19(18,3)14(9-13)21-15(24)11-26-17-23-22-16(25-17)12-5-4-8-20-10-12/h4-5,8,10,13-14H,6-7,9,11H2,1-3H3,(H,21,24)/t13-,14+,19-/m0/s1. The van der Waals surface area contributed by atoms with Crippen molar-refractivity contribution in [2.24, 2.45) is 16.7 Å². The summed E-state index contributed by atoms with van der Waals surface area (Å²) in [6, 6.07) is 3.94. The summed E-state index contributed by atoms with van der Waals surface area (Å²) in [6.45, 7) is 7.03. The summed E-state index contributed by atoms with van der Waals surface area (Å²) in [5.74, 6) is 1.45. The van der Waals surface area contributed by atoms with E-state index in [0.29, 0.717) is 22.4 Å². The van der Waals surface area contributed by atoms with Crippen molar-refractivity contribution in [2.45, 2.75) is 51.3 Å². The molecule has 2 aliphatic rings. The maximum atomic E-state index is 12.4. The van der Waals surface area contributed by atoms with E-state index in [1.807, 2.05) is 12.1 Å². The zero-order valence-electron chi connectivity index (χ0n) is 15.4. The largest absolute Gasteiger partial charge is 0.411 e. The van der Waals surface area contributed by atoms with E-state index in [4.69, 9.17) is 4.42 Å². The molecule has 1 N–H and O–H groups in total. The first-order chi connectivity index (χ1) is 12.4. The summed E-state index contributed by atoms with van der Waals surface area (Å²) in [4.78, 5) is 16.5. The van der Waals surface area contributed by atoms with Gasteiger partial charge in [-0.15, -0.1) is 10.2 Å². The van der Waals surface area contributed by atoms with Gasteiger partial charge in [-0.05, 0) is 48.1 Å². The Labute approximate surface area is 157 Å². The van der Waals surface area contributed by atoms with Gasteiger partial charge in [-0.3, -0.25) is 9.78 Å². The van der Waals surface area contributed by atoms with Crippen LogP contribution in [0.1, 0.15) is 40.0 Å². The molecule has 1 amide bonds. The Kier molecular flexibility index (Phi) is 4.29. The molecule has 2 aromatic heterocycles. The van der Waals surface area contributed by atoms with Crippen molar-refractivity contribution in [2.75, 3.05) is 5.75 Å². The van der Waals surface area contributed by atoms with Crippen molar-refractivity contribution in [3.05, 3.63) is 24.5 Å². The molecule has 0 aliphatic heterocycles. The highest BCUT2D eigenvalue weighted by atomic mass is 32.2. The second kappa shape index (κ2) is 6.37. The summed E-state index contributed by atoms with van der Waals surface area (Å²) < 4.78 is 5.61. The summed E-state index contributed by atoms with van der Waals surface area (Å²) in [7, 11) is 0. The zero-order chi connectivity index (χ0) is 18.4. The van der Waals surface area contributed by atoms with Crippen LogP contribution in [0.4, 0.5) is 0 Å². The molecular weight excluding hydrogens is 348 g/mol. The monoisotopic (exact) mass is 372 g/mol. The van der Waals surface area contributed by atoms with Crippen LogP contribution in [0.2, 0.25) is 0 Å². The van der Waals surface area contributed by atoms with Gasteiger partial charge < -0.3 is 9.73 Å². The summed E-state index contributed by atoms with van der Waals surface area (Å²) in [5, 5.41) is 11.7. The molecule has 3 atom stereocenters. The average Bonchev–Trinajstić information content (AvgIpc) is 3.24. The molecule has 2 aromatic rings. The Bertz CT molecular complexity index is 807. The van der Waals surface area contributed by atoms with Crippen LogP contribution in [0.15, 0.2) is 34.2 Å². The van der Waals surface area contributed by atoms with Crippen LogP contribution in [0.3, 0.4) is 0 Å². The van der Waals surface area contributed by atoms with Crippen molar-refractivity contribution in [3.8, 4) is 11.5 Å². The third-order valence-electron chi connectivity index (χ3n) is 6.77. The molecule has 0 radical (unpaired) electrons. The smallest absolute Gasteiger partial charge is 0.277 e. The Morgan fingerprint density at radius 3 is 2.88 bits per heavy atom. The summed E-state index contributed by atoms with van der Waals surface area (Å²) in [6.07, 6.45) is 6.93. The van der Waals surface area contributed by atoms with Gasteiger partial charge in [0.25, 0.3) is 5.22 Å². The molecule has 2 aliphatic carbocycles. The maximum Gasteiger partial charge on any atom is 0.277 e. The van der Waals surface area contributed by atoms with Crippen molar-refractivity contribution < 1.29 is 9.21 Å². The molecule has 26 heavy (non-hydrogen) atoms. The molecule has 7 heteroatoms. The van der Waals surface area contributed by atoms with E-state index in [-0.39, 0.29) is 23.1 Å². The molecule has 4 rings (SSSR count). The molecule has 2 heterocycles. The minimum atomic E-state index is 0.0331. The predicted octanol–water partition coefficient (Wildman–Crippen LogP) is 3.55. The highest BCUT2D eigenvalue weighted by Gasteiger charge is 2.61. The second-order valence-corrected chi connectivity index (χ2v) is 9.06. The third-order valence-corrected chi connectivity index (χ3v) is 7.59. The Morgan fingerprint density at radius 1 is 1.38 bits per heavy atom. The molecule has 0 aromatic carbocycles. The van der Waals surface area contributed by atoms with Crippen LogP contribution in [-0.4, -0.2) is 32.9 Å². The number of hydrogen-bond donors (Lipinski definition) is 1. The lowest BCUT2D eigenvalue weighted by Crippen LogP contribution is -2.47. The molecule has 138 valence electrons. The molecule has 6 nitrogen and oxygen atoms in total. The number of carbonyl (C=O) groups is 1.